The lowest BCUT2D eigenvalue weighted by atomic mass is 9.80. The summed E-state index contributed by atoms with van der Waals surface area (Å²) in [6.45, 7) is 6.50. The minimum absolute atomic E-state index is 0.0806. The topological polar surface area (TPSA) is 63.7 Å². The average molecular weight is 574 g/mol. The van der Waals surface area contributed by atoms with Crippen molar-refractivity contribution < 1.29 is 27.4 Å². The second kappa shape index (κ2) is 12.3. The number of halogens is 4. The molecule has 1 atom stereocenters. The van der Waals surface area contributed by atoms with Crippen LogP contribution in [0.5, 0.6) is 5.88 Å². The largest absolute Gasteiger partial charge is 0.475 e. The first-order valence-corrected chi connectivity index (χ1v) is 13.2. The molecule has 0 saturated carbocycles. The number of pyridine rings is 1. The normalized spacial score (nSPS) is 15.2. The molecule has 212 valence electrons. The molecule has 1 aliphatic heterocycles. The number of alkyl halides is 3. The highest BCUT2D eigenvalue weighted by atomic mass is 35.5. The quantitative estimate of drug-likeness (QED) is 0.277. The van der Waals surface area contributed by atoms with Gasteiger partial charge in [0, 0.05) is 30.7 Å². The van der Waals surface area contributed by atoms with Crippen LogP contribution in [0, 0.1) is 0 Å². The zero-order valence-corrected chi connectivity index (χ0v) is 23.4. The number of allylic oxidation sites excluding steroid dienone is 1. The molecular weight excluding hydrogens is 543 g/mol. The Labute approximate surface area is 236 Å². The van der Waals surface area contributed by atoms with Crippen molar-refractivity contribution in [1.82, 2.24) is 9.88 Å². The van der Waals surface area contributed by atoms with Gasteiger partial charge in [0.05, 0.1) is 33.7 Å². The van der Waals surface area contributed by atoms with E-state index in [1.807, 2.05) is 56.1 Å². The van der Waals surface area contributed by atoms with E-state index in [-0.39, 0.29) is 29.7 Å². The molecule has 3 aromatic rings. The van der Waals surface area contributed by atoms with Crippen molar-refractivity contribution in [1.29, 1.82) is 0 Å². The minimum atomic E-state index is -4.68. The summed E-state index contributed by atoms with van der Waals surface area (Å²) in [4.78, 5) is 20.0. The van der Waals surface area contributed by atoms with E-state index in [1.165, 1.54) is 18.3 Å². The van der Waals surface area contributed by atoms with Gasteiger partial charge < -0.3 is 14.8 Å². The van der Waals surface area contributed by atoms with Crippen LogP contribution in [0.15, 0.2) is 72.1 Å². The van der Waals surface area contributed by atoms with Gasteiger partial charge in [0.1, 0.15) is 6.61 Å². The molecule has 0 spiro atoms. The SMILES string of the molecule is CC1=C(C(=O)OCCN(C)Cc2ccccc2)C(c2cccc(C(F)(F)F)c2Cl)c2c(ccnc2OC(C)C)N1. The number of benzene rings is 2. The lowest BCUT2D eigenvalue weighted by molar-refractivity contribution is -0.139. The first-order valence-electron chi connectivity index (χ1n) is 12.9. The Balaban J connectivity index is 1.69. The van der Waals surface area contributed by atoms with E-state index in [1.54, 1.807) is 13.0 Å². The number of fused-ring (bicyclic) bond motifs is 1. The van der Waals surface area contributed by atoms with E-state index in [0.717, 1.165) is 11.6 Å². The van der Waals surface area contributed by atoms with Crippen LogP contribution in [-0.2, 0) is 22.3 Å². The molecule has 2 aromatic carbocycles. The fourth-order valence-corrected chi connectivity index (χ4v) is 5.05. The van der Waals surface area contributed by atoms with Crippen LogP contribution < -0.4 is 10.1 Å². The minimum Gasteiger partial charge on any atom is -0.475 e. The van der Waals surface area contributed by atoms with Crippen molar-refractivity contribution in [3.05, 3.63) is 99.3 Å². The summed E-state index contributed by atoms with van der Waals surface area (Å²) in [6.07, 6.45) is -3.43. The molecule has 0 bridgehead atoms. The summed E-state index contributed by atoms with van der Waals surface area (Å²) in [5.41, 5.74) is 1.78. The number of carbonyl (C=O) groups is 1. The van der Waals surface area contributed by atoms with Crippen molar-refractivity contribution >= 4 is 23.3 Å². The average Bonchev–Trinajstić information content (AvgIpc) is 2.87. The van der Waals surface area contributed by atoms with Gasteiger partial charge in [-0.1, -0.05) is 54.1 Å². The molecule has 1 aromatic heterocycles. The van der Waals surface area contributed by atoms with Crippen molar-refractivity contribution in [3.8, 4) is 5.88 Å². The number of hydrogen-bond donors (Lipinski definition) is 1. The molecule has 2 heterocycles. The number of nitrogens with one attached hydrogen (secondary N) is 1. The maximum absolute atomic E-state index is 13.8. The number of carbonyl (C=O) groups excluding carboxylic acids is 1. The highest BCUT2D eigenvalue weighted by Gasteiger charge is 2.40. The lowest BCUT2D eigenvalue weighted by Gasteiger charge is -2.32. The fraction of sp³-hybridized carbons (Fsp3) is 0.333. The summed E-state index contributed by atoms with van der Waals surface area (Å²) in [5, 5.41) is 2.69. The van der Waals surface area contributed by atoms with E-state index in [9.17, 15) is 18.0 Å². The van der Waals surface area contributed by atoms with Gasteiger partial charge in [-0.15, -0.1) is 0 Å². The van der Waals surface area contributed by atoms with Gasteiger partial charge in [-0.3, -0.25) is 4.90 Å². The van der Waals surface area contributed by atoms with E-state index in [2.05, 4.69) is 10.3 Å². The molecule has 0 amide bonds. The zero-order valence-electron chi connectivity index (χ0n) is 22.7. The van der Waals surface area contributed by atoms with Gasteiger partial charge >= 0.3 is 12.1 Å². The van der Waals surface area contributed by atoms with Crippen molar-refractivity contribution in [3.63, 3.8) is 0 Å². The van der Waals surface area contributed by atoms with Crippen LogP contribution in [0.1, 0.15) is 48.9 Å². The summed E-state index contributed by atoms with van der Waals surface area (Å²) in [7, 11) is 1.91. The molecule has 1 unspecified atom stereocenters. The first-order chi connectivity index (χ1) is 19.0. The standard InChI is InChI=1S/C30H31ClF3N3O3/c1-18(2)40-28-26-23(13-14-35-28)36-19(3)24(25(26)21-11-8-12-22(27(21)31)30(32,33)34)29(38)39-16-15-37(4)17-20-9-6-5-7-10-20/h5-14,18,25,36H,15-17H2,1-4H3. The Morgan fingerprint density at radius 3 is 2.52 bits per heavy atom. The third-order valence-electron chi connectivity index (χ3n) is 6.47. The van der Waals surface area contributed by atoms with Gasteiger partial charge in [-0.2, -0.15) is 13.2 Å². The number of rotatable bonds is 9. The summed E-state index contributed by atoms with van der Waals surface area (Å²) >= 11 is 6.41. The van der Waals surface area contributed by atoms with E-state index in [0.29, 0.717) is 30.0 Å². The summed E-state index contributed by atoms with van der Waals surface area (Å²) in [6, 6.07) is 15.2. The van der Waals surface area contributed by atoms with E-state index >= 15 is 0 Å². The second-order valence-electron chi connectivity index (χ2n) is 9.91. The molecule has 1 aliphatic rings. The molecule has 40 heavy (non-hydrogen) atoms. The molecule has 0 aliphatic carbocycles. The third kappa shape index (κ3) is 6.59. The molecular formula is C30H31ClF3N3O3. The lowest BCUT2D eigenvalue weighted by Crippen LogP contribution is -2.29. The maximum atomic E-state index is 13.8. The monoisotopic (exact) mass is 573 g/mol. The van der Waals surface area contributed by atoms with E-state index < -0.39 is 28.6 Å². The van der Waals surface area contributed by atoms with Crippen molar-refractivity contribution in [2.24, 2.45) is 0 Å². The zero-order chi connectivity index (χ0) is 29.0. The smallest absolute Gasteiger partial charge is 0.417 e. The second-order valence-corrected chi connectivity index (χ2v) is 10.3. The number of anilines is 1. The Bertz CT molecular complexity index is 1390. The molecule has 4 rings (SSSR count). The predicted molar refractivity (Wildman–Crippen MR) is 148 cm³/mol. The summed E-state index contributed by atoms with van der Waals surface area (Å²) in [5.74, 6) is -1.48. The number of nitrogens with zero attached hydrogens (tertiary/aromatic N) is 2. The van der Waals surface area contributed by atoms with Gasteiger partial charge in [0.25, 0.3) is 0 Å². The molecule has 6 nitrogen and oxygen atoms in total. The number of esters is 1. The highest BCUT2D eigenvalue weighted by Crippen LogP contribution is 2.49. The Hall–Kier alpha value is -3.56. The summed E-state index contributed by atoms with van der Waals surface area (Å²) < 4.78 is 53.1. The number of hydrogen-bond acceptors (Lipinski definition) is 6. The Morgan fingerprint density at radius 1 is 1.12 bits per heavy atom. The first kappa shape index (κ1) is 29.4. The van der Waals surface area contributed by atoms with Crippen LogP contribution in [-0.4, -0.2) is 42.2 Å². The van der Waals surface area contributed by atoms with Crippen LogP contribution in [0.25, 0.3) is 0 Å². The molecule has 0 fully saturated rings. The van der Waals surface area contributed by atoms with Crippen LogP contribution in [0.3, 0.4) is 0 Å². The molecule has 0 saturated heterocycles. The maximum Gasteiger partial charge on any atom is 0.417 e. The van der Waals surface area contributed by atoms with Gasteiger partial charge in [0.2, 0.25) is 5.88 Å². The van der Waals surface area contributed by atoms with Gasteiger partial charge in [-0.25, -0.2) is 9.78 Å². The number of ether oxygens (including phenoxy) is 2. The molecule has 0 radical (unpaired) electrons. The van der Waals surface area contributed by atoms with Crippen LogP contribution in [0.2, 0.25) is 5.02 Å². The highest BCUT2D eigenvalue weighted by molar-refractivity contribution is 6.32. The Morgan fingerprint density at radius 2 is 1.85 bits per heavy atom. The van der Waals surface area contributed by atoms with Crippen molar-refractivity contribution in [2.75, 3.05) is 25.5 Å². The third-order valence-corrected chi connectivity index (χ3v) is 6.89. The number of aromatic nitrogens is 1. The molecule has 10 heteroatoms. The number of likely N-dealkylation sites (N-methyl/N-ethyl adjacent to an activating group) is 1. The Kier molecular flexibility index (Phi) is 9.05. The van der Waals surface area contributed by atoms with Crippen LogP contribution in [0.4, 0.5) is 18.9 Å². The van der Waals surface area contributed by atoms with Gasteiger partial charge in [0.15, 0.2) is 0 Å². The predicted octanol–water partition coefficient (Wildman–Crippen LogP) is 7.05. The fourth-order valence-electron chi connectivity index (χ4n) is 4.71. The van der Waals surface area contributed by atoms with E-state index in [4.69, 9.17) is 21.1 Å². The van der Waals surface area contributed by atoms with Gasteiger partial charge in [-0.05, 0) is 51.1 Å². The molecule has 1 N–H and O–H groups in total. The van der Waals surface area contributed by atoms with Crippen LogP contribution >= 0.6 is 11.6 Å². The van der Waals surface area contributed by atoms with Crippen molar-refractivity contribution in [2.45, 2.75) is 45.5 Å².